The Morgan fingerprint density at radius 3 is 1.19 bits per heavy atom. The van der Waals surface area contributed by atoms with Gasteiger partial charge < -0.3 is 9.47 Å². The van der Waals surface area contributed by atoms with Crippen molar-refractivity contribution in [1.82, 2.24) is 4.57 Å². The maximum atomic E-state index is 2.70. The van der Waals surface area contributed by atoms with E-state index in [9.17, 15) is 0 Å². The van der Waals surface area contributed by atoms with E-state index in [0.717, 1.165) is 50.4 Å². The molecule has 0 saturated carbocycles. The van der Waals surface area contributed by atoms with Crippen LogP contribution in [0, 0.1) is 0 Å². The third-order valence-electron chi connectivity index (χ3n) is 21.1. The van der Waals surface area contributed by atoms with Gasteiger partial charge in [0.15, 0.2) is 0 Å². The Morgan fingerprint density at radius 1 is 0.275 bits per heavy atom. The van der Waals surface area contributed by atoms with Gasteiger partial charge in [-0.3, -0.25) is 0 Å². The topological polar surface area (TPSA) is 8.17 Å². The first-order valence-corrected chi connectivity index (χ1v) is 36.5. The summed E-state index contributed by atoms with van der Waals surface area (Å²) in [4.78, 5) is 5.18. The van der Waals surface area contributed by atoms with Crippen LogP contribution in [-0.2, 0) is 10.8 Å². The van der Waals surface area contributed by atoms with Crippen molar-refractivity contribution in [3.8, 4) is 106 Å². The Kier molecular flexibility index (Phi) is 15.4. The highest BCUT2D eigenvalue weighted by Gasteiger charge is 2.44. The zero-order valence-electron chi connectivity index (χ0n) is 58.3. The van der Waals surface area contributed by atoms with E-state index in [-0.39, 0.29) is 17.5 Å². The molecule has 0 spiro atoms. The van der Waals surface area contributed by atoms with Crippen LogP contribution >= 0.6 is 11.8 Å². The van der Waals surface area contributed by atoms with E-state index in [1.165, 1.54) is 132 Å². The third-order valence-corrected chi connectivity index (χ3v) is 22.3. The van der Waals surface area contributed by atoms with Gasteiger partial charge in [-0.1, -0.05) is 350 Å². The van der Waals surface area contributed by atoms with Crippen LogP contribution in [0.2, 0.25) is 0 Å². The van der Waals surface area contributed by atoms with Crippen LogP contribution in [0.1, 0.15) is 52.7 Å². The number of rotatable bonds is 11. The van der Waals surface area contributed by atoms with Gasteiger partial charge in [-0.2, -0.15) is 0 Å². The molecular formula is C98H75BN2S. The van der Waals surface area contributed by atoms with Crippen molar-refractivity contribution in [3.63, 3.8) is 0 Å². The summed E-state index contributed by atoms with van der Waals surface area (Å²) in [6.07, 6.45) is 0. The highest BCUT2D eigenvalue weighted by Crippen LogP contribution is 2.53. The lowest BCUT2D eigenvalue weighted by atomic mass is 9.34. The van der Waals surface area contributed by atoms with Gasteiger partial charge >= 0.3 is 0 Å². The first kappa shape index (κ1) is 62.6. The number of hydrogen-bond acceptors (Lipinski definition) is 2. The van der Waals surface area contributed by atoms with Crippen molar-refractivity contribution >= 4 is 73.7 Å². The van der Waals surface area contributed by atoms with E-state index in [2.05, 4.69) is 397 Å². The molecule has 486 valence electrons. The molecule has 0 bridgehead atoms. The second-order valence-corrected chi connectivity index (χ2v) is 30.6. The predicted molar refractivity (Wildman–Crippen MR) is 437 cm³/mol. The molecule has 18 rings (SSSR count). The second kappa shape index (κ2) is 25.2. The largest absolute Gasteiger partial charge is 0.310 e. The smallest absolute Gasteiger partial charge is 0.249 e. The molecule has 2 aliphatic rings. The maximum Gasteiger partial charge on any atom is 0.249 e. The molecule has 0 radical (unpaired) electrons. The normalized spacial score (nSPS) is 12.5. The first-order valence-electron chi connectivity index (χ1n) is 35.7. The summed E-state index contributed by atoms with van der Waals surface area (Å²) in [5.74, 6) is 0. The summed E-state index contributed by atoms with van der Waals surface area (Å²) < 4.78 is 2.59. The van der Waals surface area contributed by atoms with E-state index in [1.54, 1.807) is 0 Å². The fraction of sp³-hybridized carbons (Fsp3) is 0.0816. The molecule has 0 saturated heterocycles. The number of para-hydroxylation sites is 3. The van der Waals surface area contributed by atoms with Crippen molar-refractivity contribution < 1.29 is 0 Å². The summed E-state index contributed by atoms with van der Waals surface area (Å²) in [5.41, 5.74) is 34.3. The summed E-state index contributed by atoms with van der Waals surface area (Å²) in [5, 5.41) is 2.46. The SMILES string of the molecule is CC(C)(C)c1ccc(-c2cc3c4c(c2)N(c2c(-c5ccc(-c6ccccc6)cc5)cccc2-c2ccc(-c5ccccc5)cc2)c2ccc(-c5ccccc5)cc2B4c2cc(-c4cc(-c5ccccc5)cc(-c5ccccc5)c4)cc(-n4c5ccccc5c5ccccc54)c2S3)c(C(C)(C)C)c1. The van der Waals surface area contributed by atoms with Crippen molar-refractivity contribution in [2.24, 2.45) is 0 Å². The number of hydrogen-bond donors (Lipinski definition) is 0. The van der Waals surface area contributed by atoms with Gasteiger partial charge in [-0.25, -0.2) is 0 Å². The van der Waals surface area contributed by atoms with Crippen LogP contribution in [0.3, 0.4) is 0 Å². The van der Waals surface area contributed by atoms with E-state index in [4.69, 9.17) is 0 Å². The molecule has 0 atom stereocenters. The molecule has 2 aliphatic heterocycles. The van der Waals surface area contributed by atoms with E-state index in [0.29, 0.717) is 0 Å². The molecule has 102 heavy (non-hydrogen) atoms. The van der Waals surface area contributed by atoms with Crippen LogP contribution < -0.4 is 21.3 Å². The second-order valence-electron chi connectivity index (χ2n) is 29.6. The van der Waals surface area contributed by atoms with Gasteiger partial charge in [0, 0.05) is 43.1 Å². The van der Waals surface area contributed by atoms with Crippen LogP contribution in [0.25, 0.3) is 128 Å². The third kappa shape index (κ3) is 11.1. The van der Waals surface area contributed by atoms with Crippen LogP contribution in [0.4, 0.5) is 17.1 Å². The summed E-state index contributed by atoms with van der Waals surface area (Å²) in [6, 6.07) is 130. The Hall–Kier alpha value is -11.7. The van der Waals surface area contributed by atoms with E-state index >= 15 is 0 Å². The first-order chi connectivity index (χ1) is 49.8. The van der Waals surface area contributed by atoms with Gasteiger partial charge in [0.25, 0.3) is 0 Å². The Balaban J connectivity index is 0.973. The Morgan fingerprint density at radius 2 is 0.686 bits per heavy atom. The molecule has 0 amide bonds. The quantitative estimate of drug-likeness (QED) is 0.119. The molecule has 2 nitrogen and oxygen atoms in total. The molecular weight excluding hydrogens is 1250 g/mol. The number of benzene rings is 15. The molecule has 3 heterocycles. The molecule has 0 unspecified atom stereocenters. The Labute approximate surface area is 604 Å². The van der Waals surface area contributed by atoms with Gasteiger partial charge in [0.2, 0.25) is 6.71 Å². The minimum atomic E-state index is -0.232. The zero-order valence-corrected chi connectivity index (χ0v) is 59.1. The summed E-state index contributed by atoms with van der Waals surface area (Å²) >= 11 is 1.95. The maximum absolute atomic E-state index is 2.70. The summed E-state index contributed by atoms with van der Waals surface area (Å²) in [6.45, 7) is 13.9. The molecule has 0 N–H and O–H groups in total. The number of nitrogens with zero attached hydrogens (tertiary/aromatic N) is 2. The number of aromatic nitrogens is 1. The predicted octanol–water partition coefficient (Wildman–Crippen LogP) is 25.1. The highest BCUT2D eigenvalue weighted by molar-refractivity contribution is 8.00. The lowest BCUT2D eigenvalue weighted by Gasteiger charge is -2.42. The molecule has 15 aromatic carbocycles. The van der Waals surface area contributed by atoms with Crippen LogP contribution in [0.5, 0.6) is 0 Å². The van der Waals surface area contributed by atoms with E-state index in [1.807, 2.05) is 11.8 Å². The molecule has 1 aromatic heterocycles. The van der Waals surface area contributed by atoms with Gasteiger partial charge in [-0.15, -0.1) is 0 Å². The van der Waals surface area contributed by atoms with Crippen molar-refractivity contribution in [2.45, 2.75) is 62.2 Å². The van der Waals surface area contributed by atoms with Crippen molar-refractivity contribution in [2.75, 3.05) is 4.90 Å². The van der Waals surface area contributed by atoms with Gasteiger partial charge in [0.1, 0.15) is 0 Å². The lowest BCUT2D eigenvalue weighted by molar-refractivity contribution is 0.570. The van der Waals surface area contributed by atoms with Crippen LogP contribution in [-0.4, -0.2) is 11.3 Å². The summed E-state index contributed by atoms with van der Waals surface area (Å²) in [7, 11) is 0. The van der Waals surface area contributed by atoms with E-state index < -0.39 is 0 Å². The standard InChI is InChI=1S/C98H75BN2S/c1-97(2,3)79-52-53-80(85(63-79)98(4,5)6)78-61-91-94-93(62-78)102-96-87(59-77(60-92(96)100-88-41-24-22-37-83(88)84-38-23-25-42-89(84)100)76-56-74(67-33-18-10-19-34-67)55-75(57-76)68-35-20-11-21-36-68)99(94)86-58-73(66-31-16-9-17-32-66)51-54-90(86)101(91)95-81(71-47-43-69(44-48-71)64-27-12-7-13-28-64)39-26-40-82(95)72-49-45-70(46-50-72)65-29-14-8-15-30-65/h7-63H,1-6H3. The highest BCUT2D eigenvalue weighted by atomic mass is 32.2. The van der Waals surface area contributed by atoms with Crippen molar-refractivity contribution in [1.29, 1.82) is 0 Å². The average molecular weight is 1320 g/mol. The lowest BCUT2D eigenvalue weighted by Crippen LogP contribution is -2.60. The van der Waals surface area contributed by atoms with Gasteiger partial charge in [-0.05, 0) is 176 Å². The monoisotopic (exact) mass is 1320 g/mol. The average Bonchev–Trinajstić information content (AvgIpc) is 0.843. The molecule has 16 aromatic rings. The molecule has 0 fully saturated rings. The Bertz CT molecular complexity index is 5680. The van der Waals surface area contributed by atoms with Crippen LogP contribution in [0.15, 0.2) is 356 Å². The number of anilines is 3. The fourth-order valence-electron chi connectivity index (χ4n) is 16.0. The number of fused-ring (bicyclic) bond motifs is 7. The molecule has 0 aliphatic carbocycles. The zero-order chi connectivity index (χ0) is 68.8. The fourth-order valence-corrected chi connectivity index (χ4v) is 17.3. The van der Waals surface area contributed by atoms with Gasteiger partial charge in [0.05, 0.1) is 22.4 Å². The van der Waals surface area contributed by atoms with Crippen molar-refractivity contribution in [3.05, 3.63) is 357 Å². The minimum Gasteiger partial charge on any atom is -0.310 e. The molecule has 4 heteroatoms. The minimum absolute atomic E-state index is 0.0565.